The Morgan fingerprint density at radius 1 is 1.61 bits per heavy atom. The third kappa shape index (κ3) is 2.64. The van der Waals surface area contributed by atoms with Crippen molar-refractivity contribution in [2.24, 2.45) is 0 Å². The minimum atomic E-state index is -1.27. The quantitative estimate of drug-likeness (QED) is 0.837. The molecule has 0 saturated carbocycles. The molecule has 2 heterocycles. The molecule has 98 valence electrons. The van der Waals surface area contributed by atoms with Gasteiger partial charge < -0.3 is 10.1 Å². The maximum Gasteiger partial charge on any atom is 0.254 e. The topological polar surface area (TPSA) is 51.2 Å². The number of hydrogen-bond donors (Lipinski definition) is 1. The fourth-order valence-electron chi connectivity index (χ4n) is 1.93. The maximum absolute atomic E-state index is 13.3. The van der Waals surface area contributed by atoms with Crippen molar-refractivity contribution in [1.82, 2.24) is 10.3 Å². The number of carbonyl (C=O) groups excluding carboxylic acids is 1. The van der Waals surface area contributed by atoms with Crippen LogP contribution in [0.4, 0.5) is 8.78 Å². The number of ether oxygens (including phenoxy) is 1. The fraction of sp³-hybridized carbons (Fsp3) is 0.500. The zero-order chi connectivity index (χ0) is 13.2. The van der Waals surface area contributed by atoms with Crippen molar-refractivity contribution >= 4 is 5.91 Å². The highest BCUT2D eigenvalue weighted by Gasteiger charge is 2.30. The number of hydrogen-bond acceptors (Lipinski definition) is 3. The number of amides is 1. The van der Waals surface area contributed by atoms with E-state index in [2.05, 4.69) is 10.3 Å². The molecule has 0 radical (unpaired) electrons. The molecule has 4 nitrogen and oxygen atoms in total. The summed E-state index contributed by atoms with van der Waals surface area (Å²) in [4.78, 5) is 14.8. The van der Waals surface area contributed by atoms with Crippen LogP contribution in [0, 0.1) is 11.8 Å². The molecule has 1 aliphatic rings. The van der Waals surface area contributed by atoms with Crippen LogP contribution in [0.2, 0.25) is 0 Å². The van der Waals surface area contributed by atoms with Gasteiger partial charge in [0.25, 0.3) is 5.91 Å². The molecule has 2 rings (SSSR count). The number of nitrogens with zero attached hydrogens (tertiary/aromatic N) is 1. The Labute approximate surface area is 103 Å². The number of aromatic nitrogens is 1. The Kier molecular flexibility index (Phi) is 3.56. The normalized spacial score (nSPS) is 23.1. The Bertz CT molecular complexity index is 459. The number of nitrogens with one attached hydrogen (secondary N) is 1. The SMILES string of the molecule is CC1(CNC(=O)c2ccnc(F)c2F)CCCO1. The number of rotatable bonds is 3. The minimum Gasteiger partial charge on any atom is -0.373 e. The van der Waals surface area contributed by atoms with E-state index in [-0.39, 0.29) is 12.1 Å². The predicted octanol–water partition coefficient (Wildman–Crippen LogP) is 1.66. The van der Waals surface area contributed by atoms with Crippen molar-refractivity contribution in [2.45, 2.75) is 25.4 Å². The molecule has 1 saturated heterocycles. The summed E-state index contributed by atoms with van der Waals surface area (Å²) in [7, 11) is 0. The van der Waals surface area contributed by atoms with Crippen LogP contribution < -0.4 is 5.32 Å². The largest absolute Gasteiger partial charge is 0.373 e. The first-order valence-corrected chi connectivity index (χ1v) is 5.74. The van der Waals surface area contributed by atoms with Crippen LogP contribution in [-0.2, 0) is 4.74 Å². The first-order valence-electron chi connectivity index (χ1n) is 5.74. The molecule has 1 aliphatic heterocycles. The van der Waals surface area contributed by atoms with E-state index in [4.69, 9.17) is 4.74 Å². The highest BCUT2D eigenvalue weighted by atomic mass is 19.2. The first-order chi connectivity index (χ1) is 8.52. The molecule has 1 aromatic rings. The summed E-state index contributed by atoms with van der Waals surface area (Å²) in [5.41, 5.74) is -0.762. The lowest BCUT2D eigenvalue weighted by Gasteiger charge is -2.23. The van der Waals surface area contributed by atoms with Gasteiger partial charge >= 0.3 is 0 Å². The van der Waals surface area contributed by atoms with Crippen LogP contribution in [-0.4, -0.2) is 29.6 Å². The smallest absolute Gasteiger partial charge is 0.254 e. The first kappa shape index (κ1) is 12.9. The van der Waals surface area contributed by atoms with Gasteiger partial charge in [0, 0.05) is 19.3 Å². The Balaban J connectivity index is 2.01. The van der Waals surface area contributed by atoms with Gasteiger partial charge in [0.2, 0.25) is 5.95 Å². The van der Waals surface area contributed by atoms with Crippen LogP contribution in [0.15, 0.2) is 12.3 Å². The maximum atomic E-state index is 13.3. The van der Waals surface area contributed by atoms with Crippen LogP contribution in [0.25, 0.3) is 0 Å². The van der Waals surface area contributed by atoms with E-state index in [0.717, 1.165) is 25.1 Å². The van der Waals surface area contributed by atoms with Gasteiger partial charge in [-0.25, -0.2) is 9.37 Å². The van der Waals surface area contributed by atoms with Gasteiger partial charge in [-0.05, 0) is 25.8 Å². The summed E-state index contributed by atoms with van der Waals surface area (Å²) < 4.78 is 31.7. The van der Waals surface area contributed by atoms with Gasteiger partial charge in [-0.2, -0.15) is 4.39 Å². The second kappa shape index (κ2) is 4.97. The lowest BCUT2D eigenvalue weighted by Crippen LogP contribution is -2.40. The van der Waals surface area contributed by atoms with Crippen molar-refractivity contribution in [2.75, 3.05) is 13.2 Å². The molecule has 0 aliphatic carbocycles. The molecule has 6 heteroatoms. The van der Waals surface area contributed by atoms with Crippen molar-refractivity contribution in [3.8, 4) is 0 Å². The predicted molar refractivity (Wildman–Crippen MR) is 60.1 cm³/mol. The van der Waals surface area contributed by atoms with Gasteiger partial charge in [0.1, 0.15) is 0 Å². The molecule has 0 bridgehead atoms. The Hall–Kier alpha value is -1.56. The van der Waals surface area contributed by atoms with Crippen LogP contribution in [0.3, 0.4) is 0 Å². The number of pyridine rings is 1. The standard InChI is InChI=1S/C12H14F2N2O2/c1-12(4-2-6-18-12)7-16-11(17)8-3-5-15-10(14)9(8)13/h3,5H,2,4,6-7H2,1H3,(H,16,17). The second-order valence-electron chi connectivity index (χ2n) is 4.55. The van der Waals surface area contributed by atoms with E-state index in [1.54, 1.807) is 0 Å². The molecule has 1 fully saturated rings. The molecule has 0 spiro atoms. The third-order valence-corrected chi connectivity index (χ3v) is 3.01. The molecule has 18 heavy (non-hydrogen) atoms. The highest BCUT2D eigenvalue weighted by molar-refractivity contribution is 5.94. The van der Waals surface area contributed by atoms with Crippen LogP contribution in [0.1, 0.15) is 30.1 Å². The summed E-state index contributed by atoms with van der Waals surface area (Å²) in [6.07, 6.45) is 2.83. The highest BCUT2D eigenvalue weighted by Crippen LogP contribution is 2.24. The Morgan fingerprint density at radius 2 is 2.39 bits per heavy atom. The van der Waals surface area contributed by atoms with Gasteiger partial charge in [-0.3, -0.25) is 4.79 Å². The average molecular weight is 256 g/mol. The van der Waals surface area contributed by atoms with Gasteiger partial charge in [0.05, 0.1) is 11.2 Å². The molecule has 0 aromatic carbocycles. The van der Waals surface area contributed by atoms with Crippen molar-refractivity contribution < 1.29 is 18.3 Å². The summed E-state index contributed by atoms with van der Waals surface area (Å²) in [5.74, 6) is -3.16. The molecule has 1 amide bonds. The van der Waals surface area contributed by atoms with Crippen molar-refractivity contribution in [3.05, 3.63) is 29.6 Å². The lowest BCUT2D eigenvalue weighted by atomic mass is 10.0. The average Bonchev–Trinajstić information content (AvgIpc) is 2.77. The van der Waals surface area contributed by atoms with E-state index >= 15 is 0 Å². The lowest BCUT2D eigenvalue weighted by molar-refractivity contribution is 0.0205. The third-order valence-electron chi connectivity index (χ3n) is 3.01. The number of halogens is 2. The molecule has 1 aromatic heterocycles. The monoisotopic (exact) mass is 256 g/mol. The fourth-order valence-corrected chi connectivity index (χ4v) is 1.93. The summed E-state index contributed by atoms with van der Waals surface area (Å²) >= 11 is 0. The van der Waals surface area contributed by atoms with E-state index in [9.17, 15) is 13.6 Å². The Morgan fingerprint density at radius 3 is 3.06 bits per heavy atom. The minimum absolute atomic E-state index is 0.273. The molecular formula is C12H14F2N2O2. The van der Waals surface area contributed by atoms with Crippen LogP contribution in [0.5, 0.6) is 0 Å². The second-order valence-corrected chi connectivity index (χ2v) is 4.55. The summed E-state index contributed by atoms with van der Waals surface area (Å²) in [6.45, 7) is 2.81. The zero-order valence-electron chi connectivity index (χ0n) is 10.0. The van der Waals surface area contributed by atoms with E-state index in [1.807, 2.05) is 6.92 Å². The van der Waals surface area contributed by atoms with Crippen molar-refractivity contribution in [1.29, 1.82) is 0 Å². The zero-order valence-corrected chi connectivity index (χ0v) is 10.0. The molecular weight excluding hydrogens is 242 g/mol. The summed E-state index contributed by atoms with van der Waals surface area (Å²) in [5, 5.41) is 2.55. The molecule has 1 atom stereocenters. The summed E-state index contributed by atoms with van der Waals surface area (Å²) in [6, 6.07) is 1.14. The van der Waals surface area contributed by atoms with E-state index in [1.165, 1.54) is 0 Å². The van der Waals surface area contributed by atoms with E-state index < -0.39 is 23.3 Å². The van der Waals surface area contributed by atoms with Gasteiger partial charge in [-0.1, -0.05) is 0 Å². The van der Waals surface area contributed by atoms with Gasteiger partial charge in [0.15, 0.2) is 5.82 Å². The molecule has 1 unspecified atom stereocenters. The molecule has 1 N–H and O–H groups in total. The number of carbonyl (C=O) groups is 1. The van der Waals surface area contributed by atoms with Crippen LogP contribution >= 0.6 is 0 Å². The van der Waals surface area contributed by atoms with Gasteiger partial charge in [-0.15, -0.1) is 0 Å². The van der Waals surface area contributed by atoms with Crippen molar-refractivity contribution in [3.63, 3.8) is 0 Å². The van der Waals surface area contributed by atoms with E-state index in [0.29, 0.717) is 6.61 Å².